The van der Waals surface area contributed by atoms with Gasteiger partial charge >= 0.3 is 0 Å². The van der Waals surface area contributed by atoms with Crippen LogP contribution in [0.5, 0.6) is 0 Å². The summed E-state index contributed by atoms with van der Waals surface area (Å²) in [6.07, 6.45) is 2.63. The Morgan fingerprint density at radius 1 is 1.29 bits per heavy atom. The van der Waals surface area contributed by atoms with Crippen molar-refractivity contribution in [1.82, 2.24) is 0 Å². The van der Waals surface area contributed by atoms with Gasteiger partial charge in [-0.15, -0.1) is 0 Å². The first-order chi connectivity index (χ1) is 8.08. The monoisotopic (exact) mass is 313 g/mol. The Morgan fingerprint density at radius 2 is 1.94 bits per heavy atom. The van der Waals surface area contributed by atoms with Gasteiger partial charge in [-0.25, -0.2) is 0 Å². The Balaban J connectivity index is 2.17. The minimum atomic E-state index is 0.618. The summed E-state index contributed by atoms with van der Waals surface area (Å²) in [5.74, 6) is 1.32. The summed E-state index contributed by atoms with van der Waals surface area (Å²) in [7, 11) is 0. The molecular weight excluding hydrogens is 294 g/mol. The summed E-state index contributed by atoms with van der Waals surface area (Å²) >= 11 is 5.64. The fourth-order valence-electron chi connectivity index (χ4n) is 2.44. The zero-order valence-electron chi connectivity index (χ0n) is 10.7. The van der Waals surface area contributed by atoms with Crippen LogP contribution >= 0.6 is 27.7 Å². The highest BCUT2D eigenvalue weighted by atomic mass is 79.9. The van der Waals surface area contributed by atoms with E-state index in [1.165, 1.54) is 39.9 Å². The molecule has 3 heteroatoms. The zero-order valence-corrected chi connectivity index (χ0v) is 13.1. The lowest BCUT2D eigenvalue weighted by Crippen LogP contribution is -2.33. The van der Waals surface area contributed by atoms with Crippen molar-refractivity contribution in [2.75, 3.05) is 11.1 Å². The van der Waals surface area contributed by atoms with Gasteiger partial charge < -0.3 is 5.32 Å². The zero-order chi connectivity index (χ0) is 12.4. The summed E-state index contributed by atoms with van der Waals surface area (Å²) in [4.78, 5) is 0. The lowest BCUT2D eigenvalue weighted by Gasteiger charge is -2.31. The van der Waals surface area contributed by atoms with Crippen LogP contribution in [-0.4, -0.2) is 17.0 Å². The number of hydrogen-bond acceptors (Lipinski definition) is 2. The molecule has 1 nitrogen and oxygen atoms in total. The van der Waals surface area contributed by atoms with Crippen molar-refractivity contribution in [3.8, 4) is 0 Å². The molecule has 2 atom stereocenters. The Bertz CT molecular complexity index is 382. The summed E-state index contributed by atoms with van der Waals surface area (Å²) < 4.78 is 1.17. The number of aryl methyl sites for hydroxylation is 2. The fraction of sp³-hybridized carbons (Fsp3) is 0.571. The highest BCUT2D eigenvalue weighted by Crippen LogP contribution is 2.31. The van der Waals surface area contributed by atoms with Crippen LogP contribution in [-0.2, 0) is 0 Å². The van der Waals surface area contributed by atoms with E-state index in [0.717, 1.165) is 0 Å². The Morgan fingerprint density at radius 3 is 2.53 bits per heavy atom. The van der Waals surface area contributed by atoms with E-state index in [0.29, 0.717) is 11.3 Å². The van der Waals surface area contributed by atoms with Crippen LogP contribution in [0.1, 0.15) is 30.9 Å². The molecule has 1 saturated heterocycles. The number of halogens is 1. The first kappa shape index (κ1) is 13.3. The normalized spacial score (nSPS) is 24.7. The Hall–Kier alpha value is -0.150. The average molecular weight is 314 g/mol. The smallest absolute Gasteiger partial charge is 0.0402 e. The van der Waals surface area contributed by atoms with Crippen molar-refractivity contribution in [3.05, 3.63) is 27.7 Å². The summed E-state index contributed by atoms with van der Waals surface area (Å²) in [6, 6.07) is 5.00. The molecule has 0 aliphatic carbocycles. The van der Waals surface area contributed by atoms with Gasteiger partial charge in [-0.3, -0.25) is 0 Å². The van der Waals surface area contributed by atoms with Crippen LogP contribution in [0.2, 0.25) is 0 Å². The molecule has 17 heavy (non-hydrogen) atoms. The van der Waals surface area contributed by atoms with Crippen LogP contribution in [0.3, 0.4) is 0 Å². The predicted molar refractivity (Wildman–Crippen MR) is 82.2 cm³/mol. The van der Waals surface area contributed by atoms with Crippen LogP contribution in [0.25, 0.3) is 0 Å². The van der Waals surface area contributed by atoms with Crippen molar-refractivity contribution in [1.29, 1.82) is 0 Å². The predicted octanol–water partition coefficient (Wildman–Crippen LogP) is 4.76. The minimum absolute atomic E-state index is 0.618. The van der Waals surface area contributed by atoms with E-state index in [4.69, 9.17) is 0 Å². The van der Waals surface area contributed by atoms with Crippen molar-refractivity contribution in [2.24, 2.45) is 0 Å². The first-order valence-corrected chi connectivity index (χ1v) is 8.07. The van der Waals surface area contributed by atoms with Gasteiger partial charge in [0, 0.05) is 21.5 Å². The molecule has 1 N–H and O–H groups in total. The van der Waals surface area contributed by atoms with E-state index in [9.17, 15) is 0 Å². The molecule has 0 bridgehead atoms. The van der Waals surface area contributed by atoms with E-state index in [1.54, 1.807) is 0 Å². The number of thioether (sulfide) groups is 1. The maximum Gasteiger partial charge on any atom is 0.0402 e. The topological polar surface area (TPSA) is 12.0 Å². The van der Waals surface area contributed by atoms with Crippen molar-refractivity contribution in [3.63, 3.8) is 0 Å². The fourth-order valence-corrected chi connectivity index (χ4v) is 4.26. The van der Waals surface area contributed by atoms with E-state index in [2.05, 4.69) is 65.9 Å². The molecule has 0 radical (unpaired) electrons. The largest absolute Gasteiger partial charge is 0.381 e. The van der Waals surface area contributed by atoms with Crippen LogP contribution in [0, 0.1) is 13.8 Å². The van der Waals surface area contributed by atoms with Gasteiger partial charge in [0.05, 0.1) is 0 Å². The molecule has 94 valence electrons. The molecule has 1 fully saturated rings. The third-order valence-electron chi connectivity index (χ3n) is 3.43. The van der Waals surface area contributed by atoms with Gasteiger partial charge in [0.1, 0.15) is 0 Å². The van der Waals surface area contributed by atoms with E-state index in [1.807, 2.05) is 0 Å². The number of rotatable bonds is 2. The summed E-state index contributed by atoms with van der Waals surface area (Å²) in [5, 5.41) is 4.47. The number of benzene rings is 1. The van der Waals surface area contributed by atoms with Crippen molar-refractivity contribution in [2.45, 2.75) is 44.9 Å². The molecule has 1 aliphatic rings. The van der Waals surface area contributed by atoms with Gasteiger partial charge in [0.15, 0.2) is 0 Å². The molecule has 0 saturated carbocycles. The molecule has 0 spiro atoms. The van der Waals surface area contributed by atoms with Gasteiger partial charge in [-0.05, 0) is 55.7 Å². The van der Waals surface area contributed by atoms with Gasteiger partial charge in [-0.1, -0.05) is 22.9 Å². The second kappa shape index (κ2) is 5.66. The molecular formula is C14H20BrNS. The SMILES string of the molecule is Cc1cc(Br)cc(C)c1NC1CCCSC1C. The lowest BCUT2D eigenvalue weighted by molar-refractivity contribution is 0.616. The maximum absolute atomic E-state index is 3.75. The summed E-state index contributed by atoms with van der Waals surface area (Å²) in [6.45, 7) is 6.70. The number of anilines is 1. The van der Waals surface area contributed by atoms with E-state index < -0.39 is 0 Å². The molecule has 0 aromatic heterocycles. The van der Waals surface area contributed by atoms with E-state index >= 15 is 0 Å². The highest BCUT2D eigenvalue weighted by molar-refractivity contribution is 9.10. The Labute approximate surface area is 117 Å². The first-order valence-electron chi connectivity index (χ1n) is 6.23. The van der Waals surface area contributed by atoms with Crippen LogP contribution in [0.4, 0.5) is 5.69 Å². The van der Waals surface area contributed by atoms with E-state index in [-0.39, 0.29) is 0 Å². The average Bonchev–Trinajstić information content (AvgIpc) is 2.25. The molecule has 1 heterocycles. The minimum Gasteiger partial charge on any atom is -0.381 e. The number of hydrogen-bond donors (Lipinski definition) is 1. The molecule has 0 amide bonds. The van der Waals surface area contributed by atoms with Gasteiger partial charge in [0.25, 0.3) is 0 Å². The summed E-state index contributed by atoms with van der Waals surface area (Å²) in [5.41, 5.74) is 3.99. The molecule has 2 unspecified atom stereocenters. The maximum atomic E-state index is 3.75. The third kappa shape index (κ3) is 3.19. The molecule has 2 rings (SSSR count). The lowest BCUT2D eigenvalue weighted by atomic mass is 10.0. The van der Waals surface area contributed by atoms with Crippen LogP contribution < -0.4 is 5.32 Å². The van der Waals surface area contributed by atoms with Gasteiger partial charge in [-0.2, -0.15) is 11.8 Å². The second-order valence-corrected chi connectivity index (χ2v) is 7.28. The number of nitrogens with one attached hydrogen (secondary N) is 1. The van der Waals surface area contributed by atoms with Gasteiger partial charge in [0.2, 0.25) is 0 Å². The third-order valence-corrected chi connectivity index (χ3v) is 5.27. The molecule has 1 aromatic rings. The molecule has 1 aromatic carbocycles. The Kier molecular flexibility index (Phi) is 4.42. The quantitative estimate of drug-likeness (QED) is 0.844. The second-order valence-electron chi connectivity index (χ2n) is 4.88. The van der Waals surface area contributed by atoms with Crippen molar-refractivity contribution < 1.29 is 0 Å². The highest BCUT2D eigenvalue weighted by Gasteiger charge is 2.22. The molecule has 1 aliphatic heterocycles. The van der Waals surface area contributed by atoms with Crippen LogP contribution in [0.15, 0.2) is 16.6 Å². The van der Waals surface area contributed by atoms with Crippen molar-refractivity contribution >= 4 is 33.4 Å². The standard InChI is InChI=1S/C14H20BrNS/c1-9-7-12(15)8-10(2)14(9)16-13-5-4-6-17-11(13)3/h7-8,11,13,16H,4-6H2,1-3H3.